The van der Waals surface area contributed by atoms with E-state index in [2.05, 4.69) is 4.98 Å². The Labute approximate surface area is 155 Å². The summed E-state index contributed by atoms with van der Waals surface area (Å²) in [5.41, 5.74) is 2.60. The molecule has 0 aliphatic carbocycles. The van der Waals surface area contributed by atoms with Crippen molar-refractivity contribution in [2.75, 3.05) is 13.2 Å². The van der Waals surface area contributed by atoms with Gasteiger partial charge >= 0.3 is 5.97 Å². The SMILES string of the molecule is Cc1ccc(OCCOc2ccc(-c3nc(C)c(C(=O)O)s3)cc2)cc1. The molecule has 0 unspecified atom stereocenters. The lowest BCUT2D eigenvalue weighted by molar-refractivity contribution is 0.0701. The molecular formula is C20H19NO4S. The number of carboxylic acid groups (broad SMARTS) is 1. The summed E-state index contributed by atoms with van der Waals surface area (Å²) in [6.45, 7) is 4.63. The Kier molecular flexibility index (Phi) is 5.53. The van der Waals surface area contributed by atoms with Gasteiger partial charge in [0.1, 0.15) is 34.6 Å². The maximum atomic E-state index is 11.1. The van der Waals surface area contributed by atoms with E-state index in [9.17, 15) is 4.79 Å². The molecule has 0 saturated carbocycles. The molecule has 0 saturated heterocycles. The second-order valence-corrected chi connectivity index (χ2v) is 6.77. The van der Waals surface area contributed by atoms with Crippen LogP contribution in [0.5, 0.6) is 11.5 Å². The number of nitrogens with zero attached hydrogens (tertiary/aromatic N) is 1. The number of carbonyl (C=O) groups is 1. The third-order valence-corrected chi connectivity index (χ3v) is 4.93. The van der Waals surface area contributed by atoms with E-state index in [4.69, 9.17) is 14.6 Å². The molecule has 1 aromatic heterocycles. The maximum absolute atomic E-state index is 11.1. The first-order valence-electron chi connectivity index (χ1n) is 8.16. The van der Waals surface area contributed by atoms with Crippen LogP contribution in [0, 0.1) is 13.8 Å². The van der Waals surface area contributed by atoms with Gasteiger partial charge < -0.3 is 14.6 Å². The van der Waals surface area contributed by atoms with E-state index in [0.29, 0.717) is 23.9 Å². The third-order valence-electron chi connectivity index (χ3n) is 3.73. The molecule has 0 aliphatic rings. The molecule has 26 heavy (non-hydrogen) atoms. The number of hydrogen-bond donors (Lipinski definition) is 1. The Morgan fingerprint density at radius 3 is 2.00 bits per heavy atom. The summed E-state index contributed by atoms with van der Waals surface area (Å²) in [5, 5.41) is 9.81. The van der Waals surface area contributed by atoms with Crippen molar-refractivity contribution in [1.29, 1.82) is 0 Å². The van der Waals surface area contributed by atoms with E-state index in [0.717, 1.165) is 17.1 Å². The van der Waals surface area contributed by atoms with Crippen molar-refractivity contribution < 1.29 is 19.4 Å². The van der Waals surface area contributed by atoms with Crippen LogP contribution in [0.3, 0.4) is 0 Å². The number of hydrogen-bond acceptors (Lipinski definition) is 5. The lowest BCUT2D eigenvalue weighted by Gasteiger charge is -2.09. The van der Waals surface area contributed by atoms with Crippen LogP contribution in [0.1, 0.15) is 20.9 Å². The summed E-state index contributed by atoms with van der Waals surface area (Å²) in [6.07, 6.45) is 0. The van der Waals surface area contributed by atoms with Crippen LogP contribution in [0.4, 0.5) is 0 Å². The molecule has 0 radical (unpaired) electrons. The van der Waals surface area contributed by atoms with Crippen LogP contribution in [0.2, 0.25) is 0 Å². The zero-order valence-electron chi connectivity index (χ0n) is 14.6. The van der Waals surface area contributed by atoms with Gasteiger partial charge in [0.05, 0.1) is 5.69 Å². The molecule has 0 atom stereocenters. The lowest BCUT2D eigenvalue weighted by atomic mass is 10.2. The quantitative estimate of drug-likeness (QED) is 0.617. The van der Waals surface area contributed by atoms with Crippen LogP contribution >= 0.6 is 11.3 Å². The van der Waals surface area contributed by atoms with E-state index in [-0.39, 0.29) is 4.88 Å². The van der Waals surface area contributed by atoms with E-state index in [1.165, 1.54) is 16.9 Å². The van der Waals surface area contributed by atoms with Crippen LogP contribution in [-0.2, 0) is 0 Å². The first kappa shape index (κ1) is 17.9. The molecule has 3 aromatic rings. The van der Waals surface area contributed by atoms with Gasteiger partial charge in [0.15, 0.2) is 0 Å². The molecule has 5 nitrogen and oxygen atoms in total. The fourth-order valence-corrected chi connectivity index (χ4v) is 3.28. The van der Waals surface area contributed by atoms with Gasteiger partial charge in [-0.3, -0.25) is 0 Å². The van der Waals surface area contributed by atoms with E-state index in [1.807, 2.05) is 55.5 Å². The number of aromatic carboxylic acids is 1. The van der Waals surface area contributed by atoms with Gasteiger partial charge in [0.2, 0.25) is 0 Å². The van der Waals surface area contributed by atoms with Gasteiger partial charge in [0.25, 0.3) is 0 Å². The summed E-state index contributed by atoms with van der Waals surface area (Å²) in [7, 11) is 0. The van der Waals surface area contributed by atoms with Crippen LogP contribution in [0.25, 0.3) is 10.6 Å². The first-order valence-corrected chi connectivity index (χ1v) is 8.98. The Balaban J connectivity index is 1.53. The smallest absolute Gasteiger partial charge is 0.347 e. The van der Waals surface area contributed by atoms with Gasteiger partial charge in [-0.15, -0.1) is 11.3 Å². The van der Waals surface area contributed by atoms with Crippen molar-refractivity contribution in [3.05, 3.63) is 64.7 Å². The van der Waals surface area contributed by atoms with Gasteiger partial charge in [-0.2, -0.15) is 0 Å². The lowest BCUT2D eigenvalue weighted by Crippen LogP contribution is -2.08. The zero-order chi connectivity index (χ0) is 18.5. The molecule has 1 N–H and O–H groups in total. The van der Waals surface area contributed by atoms with Gasteiger partial charge in [-0.1, -0.05) is 17.7 Å². The van der Waals surface area contributed by atoms with Crippen molar-refractivity contribution in [1.82, 2.24) is 4.98 Å². The van der Waals surface area contributed by atoms with Crippen LogP contribution in [-0.4, -0.2) is 29.3 Å². The Hall–Kier alpha value is -2.86. The highest BCUT2D eigenvalue weighted by atomic mass is 32.1. The van der Waals surface area contributed by atoms with Gasteiger partial charge in [-0.05, 0) is 50.2 Å². The van der Waals surface area contributed by atoms with Crippen LogP contribution < -0.4 is 9.47 Å². The minimum absolute atomic E-state index is 0.272. The van der Waals surface area contributed by atoms with E-state index >= 15 is 0 Å². The standard InChI is InChI=1S/C20H19NO4S/c1-13-3-7-16(8-4-13)24-11-12-25-17-9-5-15(6-10-17)19-21-14(2)18(26-19)20(22)23/h3-10H,11-12H2,1-2H3,(H,22,23). The van der Waals surface area contributed by atoms with Crippen molar-refractivity contribution in [3.63, 3.8) is 0 Å². The summed E-state index contributed by atoms with van der Waals surface area (Å²) >= 11 is 1.18. The molecule has 2 aromatic carbocycles. The molecule has 3 rings (SSSR count). The molecular weight excluding hydrogens is 350 g/mol. The predicted molar refractivity (Wildman–Crippen MR) is 101 cm³/mol. The topological polar surface area (TPSA) is 68.7 Å². The highest BCUT2D eigenvalue weighted by Gasteiger charge is 2.14. The van der Waals surface area contributed by atoms with E-state index < -0.39 is 5.97 Å². The van der Waals surface area contributed by atoms with Gasteiger partial charge in [-0.25, -0.2) is 9.78 Å². The van der Waals surface area contributed by atoms with E-state index in [1.54, 1.807) is 6.92 Å². The number of aryl methyl sites for hydroxylation is 2. The number of ether oxygens (including phenoxy) is 2. The Morgan fingerprint density at radius 2 is 1.50 bits per heavy atom. The van der Waals surface area contributed by atoms with Crippen molar-refractivity contribution in [2.24, 2.45) is 0 Å². The fourth-order valence-electron chi connectivity index (χ4n) is 2.37. The average Bonchev–Trinajstić information content (AvgIpc) is 3.03. The van der Waals surface area contributed by atoms with Crippen molar-refractivity contribution >= 4 is 17.3 Å². The molecule has 0 aliphatic heterocycles. The zero-order valence-corrected chi connectivity index (χ0v) is 15.4. The van der Waals surface area contributed by atoms with Crippen molar-refractivity contribution in [3.8, 4) is 22.1 Å². The number of benzene rings is 2. The normalized spacial score (nSPS) is 10.5. The maximum Gasteiger partial charge on any atom is 0.347 e. The molecule has 0 spiro atoms. The summed E-state index contributed by atoms with van der Waals surface area (Å²) < 4.78 is 11.3. The summed E-state index contributed by atoms with van der Waals surface area (Å²) in [6, 6.07) is 15.3. The Bertz CT molecular complexity index is 885. The van der Waals surface area contributed by atoms with Gasteiger partial charge in [0, 0.05) is 5.56 Å². The average molecular weight is 369 g/mol. The van der Waals surface area contributed by atoms with Crippen LogP contribution in [0.15, 0.2) is 48.5 Å². The number of aromatic nitrogens is 1. The second-order valence-electron chi connectivity index (χ2n) is 5.77. The first-order chi connectivity index (χ1) is 12.5. The second kappa shape index (κ2) is 8.01. The molecule has 0 bridgehead atoms. The molecule has 0 amide bonds. The largest absolute Gasteiger partial charge is 0.490 e. The highest BCUT2D eigenvalue weighted by Crippen LogP contribution is 2.29. The number of thiazole rings is 1. The highest BCUT2D eigenvalue weighted by molar-refractivity contribution is 7.17. The monoisotopic (exact) mass is 369 g/mol. The summed E-state index contributed by atoms with van der Waals surface area (Å²) in [5.74, 6) is 0.607. The number of carboxylic acids is 1. The minimum Gasteiger partial charge on any atom is -0.490 e. The summed E-state index contributed by atoms with van der Waals surface area (Å²) in [4.78, 5) is 15.7. The molecule has 1 heterocycles. The predicted octanol–water partition coefficient (Wildman–Crippen LogP) is 4.58. The van der Waals surface area contributed by atoms with Crippen molar-refractivity contribution in [2.45, 2.75) is 13.8 Å². The minimum atomic E-state index is -0.945. The fraction of sp³-hybridized carbons (Fsp3) is 0.200. The molecule has 134 valence electrons. The third kappa shape index (κ3) is 4.40. The molecule has 6 heteroatoms. The molecule has 0 fully saturated rings. The Morgan fingerprint density at radius 1 is 0.962 bits per heavy atom. The number of rotatable bonds is 7.